The molecule has 0 spiro atoms. The number of nitrogens with two attached hydrogens (primary N) is 1. The zero-order chi connectivity index (χ0) is 15.1. The van der Waals surface area contributed by atoms with Crippen LogP contribution in [0.1, 0.15) is 53.4 Å². The van der Waals surface area contributed by atoms with Crippen LogP contribution in [0.25, 0.3) is 0 Å². The van der Waals surface area contributed by atoms with E-state index < -0.39 is 0 Å². The fourth-order valence-electron chi connectivity index (χ4n) is 2.94. The molecule has 0 aromatic heterocycles. The first-order valence-electron chi connectivity index (χ1n) is 8.06. The summed E-state index contributed by atoms with van der Waals surface area (Å²) in [5, 5.41) is 3.06. The maximum absolute atomic E-state index is 12.2. The molecule has 1 aliphatic rings. The van der Waals surface area contributed by atoms with E-state index in [-0.39, 0.29) is 24.0 Å². The summed E-state index contributed by atoms with van der Waals surface area (Å²) in [5.41, 5.74) is 6.09. The Morgan fingerprint density at radius 2 is 1.95 bits per heavy atom. The predicted octanol–water partition coefficient (Wildman–Crippen LogP) is 2.32. The minimum atomic E-state index is 0.0908. The van der Waals surface area contributed by atoms with E-state index in [1.807, 2.05) is 13.8 Å². The van der Waals surface area contributed by atoms with Crippen molar-refractivity contribution in [2.24, 2.45) is 23.5 Å². The molecular weight excluding hydrogens is 252 g/mol. The van der Waals surface area contributed by atoms with Crippen molar-refractivity contribution in [1.29, 1.82) is 0 Å². The topological polar surface area (TPSA) is 64.3 Å². The first-order valence-corrected chi connectivity index (χ1v) is 8.06. The number of ether oxygens (including phenoxy) is 1. The van der Waals surface area contributed by atoms with Gasteiger partial charge in [0, 0.05) is 25.1 Å². The van der Waals surface area contributed by atoms with Gasteiger partial charge in [-0.25, -0.2) is 0 Å². The van der Waals surface area contributed by atoms with Crippen LogP contribution < -0.4 is 11.1 Å². The largest absolute Gasteiger partial charge is 0.379 e. The Labute approximate surface area is 123 Å². The monoisotopic (exact) mass is 284 g/mol. The molecule has 1 rings (SSSR count). The molecule has 118 valence electrons. The second kappa shape index (κ2) is 8.63. The van der Waals surface area contributed by atoms with Crippen LogP contribution in [0.5, 0.6) is 0 Å². The molecule has 3 N–H and O–H groups in total. The van der Waals surface area contributed by atoms with Crippen molar-refractivity contribution >= 4 is 5.91 Å². The average molecular weight is 284 g/mol. The van der Waals surface area contributed by atoms with Crippen LogP contribution in [0.2, 0.25) is 0 Å². The van der Waals surface area contributed by atoms with Crippen LogP contribution >= 0.6 is 0 Å². The van der Waals surface area contributed by atoms with Gasteiger partial charge in [0.15, 0.2) is 0 Å². The standard InChI is InChI=1S/C16H32N2O2/c1-11(2)20-8-6-5-7-18-16(19)14-10-15(17)13(4)9-12(14)3/h11-15H,5-10,17H2,1-4H3,(H,18,19). The minimum absolute atomic E-state index is 0.0908. The van der Waals surface area contributed by atoms with Crippen molar-refractivity contribution in [1.82, 2.24) is 5.32 Å². The Bertz CT molecular complexity index is 294. The second-order valence-electron chi connectivity index (χ2n) is 6.61. The zero-order valence-corrected chi connectivity index (χ0v) is 13.5. The molecule has 1 saturated carbocycles. The Morgan fingerprint density at radius 3 is 2.60 bits per heavy atom. The Balaban J connectivity index is 2.19. The van der Waals surface area contributed by atoms with Gasteiger partial charge in [-0.3, -0.25) is 4.79 Å². The summed E-state index contributed by atoms with van der Waals surface area (Å²) in [6.45, 7) is 9.95. The van der Waals surface area contributed by atoms with Gasteiger partial charge in [-0.05, 0) is 51.4 Å². The molecule has 0 bridgehead atoms. The molecule has 4 heteroatoms. The van der Waals surface area contributed by atoms with E-state index in [0.717, 1.165) is 38.8 Å². The van der Waals surface area contributed by atoms with E-state index in [0.29, 0.717) is 11.8 Å². The lowest BCUT2D eigenvalue weighted by molar-refractivity contribution is -0.128. The van der Waals surface area contributed by atoms with Crippen LogP contribution in [-0.4, -0.2) is 31.2 Å². The Morgan fingerprint density at radius 1 is 1.25 bits per heavy atom. The molecule has 1 aliphatic carbocycles. The molecule has 4 atom stereocenters. The third-order valence-corrected chi connectivity index (χ3v) is 4.35. The van der Waals surface area contributed by atoms with Gasteiger partial charge in [-0.15, -0.1) is 0 Å². The number of rotatable bonds is 7. The van der Waals surface area contributed by atoms with Gasteiger partial charge in [-0.2, -0.15) is 0 Å². The van der Waals surface area contributed by atoms with Crippen LogP contribution in [0.3, 0.4) is 0 Å². The summed E-state index contributed by atoms with van der Waals surface area (Å²) in [6, 6.07) is 0.168. The van der Waals surface area contributed by atoms with E-state index in [4.69, 9.17) is 10.5 Å². The van der Waals surface area contributed by atoms with Crippen molar-refractivity contribution in [2.75, 3.05) is 13.2 Å². The van der Waals surface area contributed by atoms with Gasteiger partial charge in [0.2, 0.25) is 5.91 Å². The predicted molar refractivity (Wildman–Crippen MR) is 82.4 cm³/mol. The zero-order valence-electron chi connectivity index (χ0n) is 13.5. The van der Waals surface area contributed by atoms with Gasteiger partial charge in [0.1, 0.15) is 0 Å². The van der Waals surface area contributed by atoms with E-state index in [2.05, 4.69) is 19.2 Å². The molecule has 4 unspecified atom stereocenters. The number of unbranched alkanes of at least 4 members (excludes halogenated alkanes) is 1. The summed E-state index contributed by atoms with van der Waals surface area (Å²) in [5.74, 6) is 1.24. The van der Waals surface area contributed by atoms with Crippen LogP contribution in [-0.2, 0) is 9.53 Å². The van der Waals surface area contributed by atoms with E-state index in [1.54, 1.807) is 0 Å². The quantitative estimate of drug-likeness (QED) is 0.705. The molecule has 0 aromatic carbocycles. The smallest absolute Gasteiger partial charge is 0.223 e. The minimum Gasteiger partial charge on any atom is -0.379 e. The van der Waals surface area contributed by atoms with Gasteiger partial charge >= 0.3 is 0 Å². The number of hydrogen-bond acceptors (Lipinski definition) is 3. The van der Waals surface area contributed by atoms with E-state index in [1.165, 1.54) is 0 Å². The van der Waals surface area contributed by atoms with Crippen LogP contribution in [0.15, 0.2) is 0 Å². The average Bonchev–Trinajstić information content (AvgIpc) is 2.37. The SMILES string of the molecule is CC(C)OCCCCNC(=O)C1CC(N)C(C)CC1C. The highest BCUT2D eigenvalue weighted by atomic mass is 16.5. The molecule has 0 radical (unpaired) electrons. The van der Waals surface area contributed by atoms with Gasteiger partial charge < -0.3 is 15.8 Å². The number of carbonyl (C=O) groups excluding carboxylic acids is 1. The molecule has 0 heterocycles. The number of hydrogen-bond donors (Lipinski definition) is 2. The molecule has 1 amide bonds. The Kier molecular flexibility index (Phi) is 7.52. The Hall–Kier alpha value is -0.610. The van der Waals surface area contributed by atoms with Crippen molar-refractivity contribution in [3.8, 4) is 0 Å². The number of carbonyl (C=O) groups is 1. The highest BCUT2D eigenvalue weighted by molar-refractivity contribution is 5.79. The lowest BCUT2D eigenvalue weighted by Gasteiger charge is -2.36. The van der Waals surface area contributed by atoms with Gasteiger partial charge in [0.25, 0.3) is 0 Å². The summed E-state index contributed by atoms with van der Waals surface area (Å²) in [6.07, 6.45) is 4.14. The second-order valence-corrected chi connectivity index (χ2v) is 6.61. The summed E-state index contributed by atoms with van der Waals surface area (Å²) in [7, 11) is 0. The van der Waals surface area contributed by atoms with Crippen molar-refractivity contribution in [3.05, 3.63) is 0 Å². The fraction of sp³-hybridized carbons (Fsp3) is 0.938. The van der Waals surface area contributed by atoms with Gasteiger partial charge in [-0.1, -0.05) is 13.8 Å². The van der Waals surface area contributed by atoms with Crippen molar-refractivity contribution in [2.45, 2.75) is 65.5 Å². The van der Waals surface area contributed by atoms with Crippen molar-refractivity contribution < 1.29 is 9.53 Å². The summed E-state index contributed by atoms with van der Waals surface area (Å²) in [4.78, 5) is 12.2. The first-order chi connectivity index (χ1) is 9.41. The van der Waals surface area contributed by atoms with Gasteiger partial charge in [0.05, 0.1) is 6.10 Å². The summed E-state index contributed by atoms with van der Waals surface area (Å²) < 4.78 is 5.48. The van der Waals surface area contributed by atoms with Crippen LogP contribution in [0.4, 0.5) is 0 Å². The lowest BCUT2D eigenvalue weighted by atomic mass is 9.72. The fourth-order valence-corrected chi connectivity index (χ4v) is 2.94. The molecule has 4 nitrogen and oxygen atoms in total. The highest BCUT2D eigenvalue weighted by Gasteiger charge is 2.34. The first kappa shape index (κ1) is 17.4. The molecule has 20 heavy (non-hydrogen) atoms. The van der Waals surface area contributed by atoms with Crippen LogP contribution in [0, 0.1) is 17.8 Å². The third kappa shape index (κ3) is 5.80. The maximum Gasteiger partial charge on any atom is 0.223 e. The third-order valence-electron chi connectivity index (χ3n) is 4.35. The molecule has 0 aromatic rings. The summed E-state index contributed by atoms with van der Waals surface area (Å²) >= 11 is 0. The molecular formula is C16H32N2O2. The number of amides is 1. The lowest BCUT2D eigenvalue weighted by Crippen LogP contribution is -2.45. The normalized spacial score (nSPS) is 30.5. The van der Waals surface area contributed by atoms with Crippen molar-refractivity contribution in [3.63, 3.8) is 0 Å². The van der Waals surface area contributed by atoms with E-state index in [9.17, 15) is 4.79 Å². The highest BCUT2D eigenvalue weighted by Crippen LogP contribution is 2.32. The van der Waals surface area contributed by atoms with E-state index >= 15 is 0 Å². The molecule has 0 aliphatic heterocycles. The number of nitrogens with one attached hydrogen (secondary N) is 1. The molecule has 1 fully saturated rings. The molecule has 0 saturated heterocycles. The maximum atomic E-state index is 12.2.